The van der Waals surface area contributed by atoms with Gasteiger partial charge in [-0.1, -0.05) is 45.0 Å². The predicted octanol–water partition coefficient (Wildman–Crippen LogP) is 4.59. The van der Waals surface area contributed by atoms with Crippen molar-refractivity contribution < 1.29 is 18.7 Å². The zero-order valence-corrected chi connectivity index (χ0v) is 17.4. The predicted molar refractivity (Wildman–Crippen MR) is 110 cm³/mol. The van der Waals surface area contributed by atoms with Gasteiger partial charge in [-0.3, -0.25) is 0 Å². The molecule has 0 unspecified atom stereocenters. The largest absolute Gasteiger partial charge is 0.493 e. The van der Waals surface area contributed by atoms with Gasteiger partial charge >= 0.3 is 6.03 Å². The molecule has 1 atom stereocenters. The second-order valence-corrected chi connectivity index (χ2v) is 7.97. The topological polar surface area (TPSA) is 83.4 Å². The van der Waals surface area contributed by atoms with Crippen LogP contribution in [0.15, 0.2) is 53.7 Å². The molecule has 2 amide bonds. The number of hydrogen-bond donors (Lipinski definition) is 2. The van der Waals surface area contributed by atoms with Crippen LogP contribution in [0.25, 0.3) is 0 Å². The highest BCUT2D eigenvalue weighted by Crippen LogP contribution is 2.37. The smallest absolute Gasteiger partial charge is 0.319 e. The summed E-state index contributed by atoms with van der Waals surface area (Å²) in [6, 6.07) is 12.8. The number of carbonyl (C=O) groups is 1. The SMILES string of the molecule is COc1cc([C@H]2NC(=O)NC(C(C)(C)C)=C2C#N)ccc1OCc1ccccc1F. The van der Waals surface area contributed by atoms with Gasteiger partial charge in [0.05, 0.1) is 24.8 Å². The Morgan fingerprint density at radius 1 is 1.17 bits per heavy atom. The molecule has 0 aliphatic carbocycles. The van der Waals surface area contributed by atoms with Crippen LogP contribution in [-0.2, 0) is 6.61 Å². The molecule has 1 aliphatic rings. The molecule has 0 saturated carbocycles. The van der Waals surface area contributed by atoms with E-state index in [1.165, 1.54) is 13.2 Å². The van der Waals surface area contributed by atoms with Crippen molar-refractivity contribution in [1.82, 2.24) is 10.6 Å². The van der Waals surface area contributed by atoms with Crippen LogP contribution in [0.4, 0.5) is 9.18 Å². The molecule has 156 valence electrons. The molecule has 0 radical (unpaired) electrons. The Balaban J connectivity index is 1.93. The molecule has 2 aromatic carbocycles. The van der Waals surface area contributed by atoms with Crippen LogP contribution < -0.4 is 20.1 Å². The number of amides is 2. The average molecular weight is 409 g/mol. The van der Waals surface area contributed by atoms with Gasteiger partial charge in [-0.25, -0.2) is 9.18 Å². The third kappa shape index (κ3) is 4.38. The van der Waals surface area contributed by atoms with Gasteiger partial charge in [-0.15, -0.1) is 0 Å². The molecule has 0 spiro atoms. The number of nitriles is 1. The molecule has 1 aliphatic heterocycles. The van der Waals surface area contributed by atoms with Crippen LogP contribution in [0.2, 0.25) is 0 Å². The first kappa shape index (κ1) is 21.2. The summed E-state index contributed by atoms with van der Waals surface area (Å²) < 4.78 is 25.0. The van der Waals surface area contributed by atoms with Crippen LogP contribution in [0.3, 0.4) is 0 Å². The summed E-state index contributed by atoms with van der Waals surface area (Å²) in [5, 5.41) is 15.3. The summed E-state index contributed by atoms with van der Waals surface area (Å²) in [4.78, 5) is 12.2. The summed E-state index contributed by atoms with van der Waals surface area (Å²) in [5.41, 5.74) is 1.72. The summed E-state index contributed by atoms with van der Waals surface area (Å²) in [7, 11) is 1.50. The van der Waals surface area contributed by atoms with Gasteiger partial charge < -0.3 is 20.1 Å². The van der Waals surface area contributed by atoms with E-state index < -0.39 is 11.5 Å². The lowest BCUT2D eigenvalue weighted by molar-refractivity contribution is 0.235. The van der Waals surface area contributed by atoms with Gasteiger partial charge in [-0.05, 0) is 23.8 Å². The molecule has 2 N–H and O–H groups in total. The third-order valence-corrected chi connectivity index (χ3v) is 4.80. The summed E-state index contributed by atoms with van der Waals surface area (Å²) in [6.07, 6.45) is 0. The van der Waals surface area contributed by atoms with Crippen LogP contribution in [0.5, 0.6) is 11.5 Å². The summed E-state index contributed by atoms with van der Waals surface area (Å²) in [5.74, 6) is 0.513. The van der Waals surface area contributed by atoms with Crippen LogP contribution >= 0.6 is 0 Å². The number of nitrogens with one attached hydrogen (secondary N) is 2. The molecule has 3 rings (SSSR count). The van der Waals surface area contributed by atoms with E-state index in [1.807, 2.05) is 20.8 Å². The van der Waals surface area contributed by atoms with E-state index in [-0.39, 0.29) is 18.5 Å². The number of hydrogen-bond acceptors (Lipinski definition) is 4. The first-order valence-electron chi connectivity index (χ1n) is 9.51. The van der Waals surface area contributed by atoms with Crippen LogP contribution in [-0.4, -0.2) is 13.1 Å². The number of urea groups is 1. The molecule has 0 saturated heterocycles. The number of nitrogens with zero attached hydrogens (tertiary/aromatic N) is 1. The van der Waals surface area contributed by atoms with Crippen molar-refractivity contribution in [1.29, 1.82) is 5.26 Å². The molecule has 2 aromatic rings. The van der Waals surface area contributed by atoms with Crippen LogP contribution in [0, 0.1) is 22.6 Å². The highest BCUT2D eigenvalue weighted by Gasteiger charge is 2.34. The minimum atomic E-state index is -0.618. The van der Waals surface area contributed by atoms with E-state index in [9.17, 15) is 14.4 Å². The van der Waals surface area contributed by atoms with E-state index >= 15 is 0 Å². The van der Waals surface area contributed by atoms with Gasteiger partial charge in [0, 0.05) is 16.7 Å². The van der Waals surface area contributed by atoms with Gasteiger partial charge in [0.1, 0.15) is 12.4 Å². The number of benzene rings is 2. The van der Waals surface area contributed by atoms with Gasteiger partial charge in [0.25, 0.3) is 0 Å². The normalized spacial score (nSPS) is 16.4. The number of methoxy groups -OCH3 is 1. The quantitative estimate of drug-likeness (QED) is 0.757. The van der Waals surface area contributed by atoms with Crippen molar-refractivity contribution in [3.8, 4) is 17.6 Å². The van der Waals surface area contributed by atoms with Crippen LogP contribution in [0.1, 0.15) is 37.9 Å². The number of ether oxygens (including phenoxy) is 2. The van der Waals surface area contributed by atoms with E-state index in [1.54, 1.807) is 36.4 Å². The highest BCUT2D eigenvalue weighted by atomic mass is 19.1. The Kier molecular flexibility index (Phi) is 5.97. The Morgan fingerprint density at radius 3 is 2.53 bits per heavy atom. The first-order valence-corrected chi connectivity index (χ1v) is 9.51. The zero-order chi connectivity index (χ0) is 21.9. The minimum Gasteiger partial charge on any atom is -0.493 e. The maximum Gasteiger partial charge on any atom is 0.319 e. The minimum absolute atomic E-state index is 0.0456. The monoisotopic (exact) mass is 409 g/mol. The molecule has 30 heavy (non-hydrogen) atoms. The molecule has 7 heteroatoms. The fourth-order valence-electron chi connectivity index (χ4n) is 3.28. The van der Waals surface area contributed by atoms with E-state index in [2.05, 4.69) is 16.7 Å². The Hall–Kier alpha value is -3.53. The second kappa shape index (κ2) is 8.46. The molecular formula is C23H24FN3O3. The van der Waals surface area contributed by atoms with Crippen molar-refractivity contribution in [3.05, 3.63) is 70.7 Å². The lowest BCUT2D eigenvalue weighted by Crippen LogP contribution is -2.46. The molecular weight excluding hydrogens is 385 g/mol. The molecule has 1 heterocycles. The molecule has 0 bridgehead atoms. The van der Waals surface area contributed by atoms with Crippen molar-refractivity contribution in [2.45, 2.75) is 33.4 Å². The Labute approximate surface area is 175 Å². The standard InChI is InChI=1S/C23H24FN3O3/c1-23(2,3)21-16(12-25)20(26-22(28)27-21)14-9-10-18(19(11-14)29-4)30-13-15-7-5-6-8-17(15)24/h5-11,20H,13H2,1-4H3,(H2,26,27,28)/t20-/m1/s1. The average Bonchev–Trinajstić information content (AvgIpc) is 2.71. The summed E-state index contributed by atoms with van der Waals surface area (Å²) >= 11 is 0. The van der Waals surface area contributed by atoms with Gasteiger partial charge in [0.2, 0.25) is 0 Å². The fourth-order valence-corrected chi connectivity index (χ4v) is 3.28. The van der Waals surface area contributed by atoms with Crippen molar-refractivity contribution in [2.75, 3.05) is 7.11 Å². The highest BCUT2D eigenvalue weighted by molar-refractivity contribution is 5.80. The van der Waals surface area contributed by atoms with Gasteiger partial charge in [0.15, 0.2) is 11.5 Å². The van der Waals surface area contributed by atoms with E-state index in [0.717, 1.165) is 0 Å². The second-order valence-electron chi connectivity index (χ2n) is 7.97. The lowest BCUT2D eigenvalue weighted by Gasteiger charge is -2.33. The maximum absolute atomic E-state index is 13.8. The summed E-state index contributed by atoms with van der Waals surface area (Å²) in [6.45, 7) is 5.84. The number of allylic oxidation sites excluding steroid dienone is 1. The third-order valence-electron chi connectivity index (χ3n) is 4.80. The van der Waals surface area contributed by atoms with E-state index in [0.29, 0.717) is 33.9 Å². The number of carbonyl (C=O) groups excluding carboxylic acids is 1. The molecule has 0 aromatic heterocycles. The van der Waals surface area contributed by atoms with E-state index in [4.69, 9.17) is 9.47 Å². The lowest BCUT2D eigenvalue weighted by atomic mass is 9.84. The van der Waals surface area contributed by atoms with Gasteiger partial charge in [-0.2, -0.15) is 5.26 Å². The van der Waals surface area contributed by atoms with Crippen molar-refractivity contribution in [3.63, 3.8) is 0 Å². The maximum atomic E-state index is 13.8. The number of halogens is 1. The molecule has 6 nitrogen and oxygen atoms in total. The molecule has 0 fully saturated rings. The fraction of sp³-hybridized carbons (Fsp3) is 0.304. The number of rotatable bonds is 5. The van der Waals surface area contributed by atoms with Crippen molar-refractivity contribution >= 4 is 6.03 Å². The zero-order valence-electron chi connectivity index (χ0n) is 17.4. The first-order chi connectivity index (χ1) is 14.2. The van der Waals surface area contributed by atoms with Crippen molar-refractivity contribution in [2.24, 2.45) is 5.41 Å². The Morgan fingerprint density at radius 2 is 1.90 bits per heavy atom. The Bertz CT molecular complexity index is 1030.